The van der Waals surface area contributed by atoms with Gasteiger partial charge in [0.25, 0.3) is 0 Å². The van der Waals surface area contributed by atoms with E-state index in [1.54, 1.807) is 12.1 Å². The smallest absolute Gasteiger partial charge is 0.364 e. The van der Waals surface area contributed by atoms with E-state index >= 15 is 0 Å². The molecule has 0 atom stereocenters. The monoisotopic (exact) mass is 222 g/mol. The summed E-state index contributed by atoms with van der Waals surface area (Å²) in [7, 11) is 0. The summed E-state index contributed by atoms with van der Waals surface area (Å²) in [4.78, 5) is 11.3. The lowest BCUT2D eigenvalue weighted by atomic mass is 10.1. The van der Waals surface area contributed by atoms with Gasteiger partial charge >= 0.3 is 5.69 Å². The van der Waals surface area contributed by atoms with Crippen LogP contribution in [-0.4, -0.2) is 31.9 Å². The molecule has 0 aliphatic carbocycles. The van der Waals surface area contributed by atoms with Gasteiger partial charge in [0.2, 0.25) is 0 Å². The number of aromatic amines is 1. The van der Waals surface area contributed by atoms with E-state index in [2.05, 4.69) is 20.6 Å². The van der Waals surface area contributed by atoms with Crippen LogP contribution in [0.25, 0.3) is 5.65 Å². The molecule has 4 N–H and O–H groups in total. The Bertz CT molecular complexity index is 549. The van der Waals surface area contributed by atoms with Crippen molar-refractivity contribution in [2.24, 2.45) is 5.73 Å². The molecule has 0 spiro atoms. The molecule has 86 valence electrons. The fourth-order valence-electron chi connectivity index (χ4n) is 1.22. The molecule has 0 unspecified atom stereocenters. The summed E-state index contributed by atoms with van der Waals surface area (Å²) in [5.74, 6) is 0.592. The molecular weight excluding hydrogens is 208 g/mol. The molecule has 0 saturated carbocycles. The van der Waals surface area contributed by atoms with Crippen LogP contribution in [0.15, 0.2) is 16.9 Å². The fraction of sp³-hybridized carbons (Fsp3) is 0.444. The SMILES string of the molecule is CC(C)(N)CNc1ccc2n[nH]c(=O)n2n1. The zero-order chi connectivity index (χ0) is 11.8. The largest absolute Gasteiger partial charge is 0.367 e. The Kier molecular flexibility index (Phi) is 2.39. The highest BCUT2D eigenvalue weighted by molar-refractivity contribution is 5.43. The van der Waals surface area contributed by atoms with Crippen LogP contribution >= 0.6 is 0 Å². The van der Waals surface area contributed by atoms with Crippen LogP contribution in [0.5, 0.6) is 0 Å². The number of nitrogens with zero attached hydrogens (tertiary/aromatic N) is 3. The van der Waals surface area contributed by atoms with Crippen LogP contribution in [0, 0.1) is 0 Å². The third-order valence-electron chi connectivity index (χ3n) is 2.00. The molecule has 2 rings (SSSR count). The van der Waals surface area contributed by atoms with Crippen LogP contribution in [0.2, 0.25) is 0 Å². The highest BCUT2D eigenvalue weighted by atomic mass is 16.2. The molecule has 0 aliphatic rings. The van der Waals surface area contributed by atoms with Crippen LogP contribution in [0.3, 0.4) is 0 Å². The number of rotatable bonds is 3. The first-order chi connectivity index (χ1) is 7.46. The van der Waals surface area contributed by atoms with Crippen molar-refractivity contribution in [3.05, 3.63) is 22.6 Å². The third kappa shape index (κ3) is 2.19. The van der Waals surface area contributed by atoms with E-state index in [9.17, 15) is 4.79 Å². The Labute approximate surface area is 91.7 Å². The summed E-state index contributed by atoms with van der Waals surface area (Å²) < 4.78 is 1.20. The van der Waals surface area contributed by atoms with Crippen molar-refractivity contribution in [2.45, 2.75) is 19.4 Å². The molecule has 0 fully saturated rings. The summed E-state index contributed by atoms with van der Waals surface area (Å²) in [6.45, 7) is 4.38. The van der Waals surface area contributed by atoms with E-state index in [0.29, 0.717) is 18.0 Å². The molecule has 0 aromatic carbocycles. The van der Waals surface area contributed by atoms with Crippen molar-refractivity contribution in [3.63, 3.8) is 0 Å². The second-order valence-electron chi connectivity index (χ2n) is 4.36. The average Bonchev–Trinajstić information content (AvgIpc) is 2.56. The summed E-state index contributed by atoms with van der Waals surface area (Å²) in [5, 5.41) is 13.2. The molecule has 2 aromatic rings. The molecule has 0 amide bonds. The second-order valence-corrected chi connectivity index (χ2v) is 4.36. The maximum absolute atomic E-state index is 11.3. The van der Waals surface area contributed by atoms with Crippen molar-refractivity contribution in [2.75, 3.05) is 11.9 Å². The number of hydrogen-bond donors (Lipinski definition) is 3. The summed E-state index contributed by atoms with van der Waals surface area (Å²) in [6.07, 6.45) is 0. The second kappa shape index (κ2) is 3.60. The van der Waals surface area contributed by atoms with E-state index in [4.69, 9.17) is 5.73 Å². The zero-order valence-electron chi connectivity index (χ0n) is 9.19. The van der Waals surface area contributed by atoms with Crippen molar-refractivity contribution in [1.29, 1.82) is 0 Å². The van der Waals surface area contributed by atoms with Crippen molar-refractivity contribution in [1.82, 2.24) is 19.8 Å². The molecule has 2 aromatic heterocycles. The van der Waals surface area contributed by atoms with Gasteiger partial charge in [0, 0.05) is 12.1 Å². The highest BCUT2D eigenvalue weighted by Crippen LogP contribution is 2.04. The van der Waals surface area contributed by atoms with Crippen LogP contribution in [0.4, 0.5) is 5.82 Å². The number of hydrogen-bond acceptors (Lipinski definition) is 5. The molecule has 0 bridgehead atoms. The quantitative estimate of drug-likeness (QED) is 0.654. The number of H-pyrrole nitrogens is 1. The standard InChI is InChI=1S/C9H14N6O/c1-9(2,10)5-11-6-3-4-7-12-13-8(16)15(7)14-6/h3-4H,5,10H2,1-2H3,(H,11,14)(H,13,16). The molecule has 7 heteroatoms. The Balaban J connectivity index is 2.26. The maximum Gasteiger partial charge on any atom is 0.364 e. The topological polar surface area (TPSA) is 101 Å². The first-order valence-corrected chi connectivity index (χ1v) is 4.93. The molecule has 0 radical (unpaired) electrons. The van der Waals surface area contributed by atoms with Crippen LogP contribution in [-0.2, 0) is 0 Å². The third-order valence-corrected chi connectivity index (χ3v) is 2.00. The van der Waals surface area contributed by atoms with Crippen molar-refractivity contribution in [3.8, 4) is 0 Å². The fourth-order valence-corrected chi connectivity index (χ4v) is 1.22. The summed E-state index contributed by atoms with van der Waals surface area (Å²) >= 11 is 0. The minimum atomic E-state index is -0.356. The van der Waals surface area contributed by atoms with E-state index < -0.39 is 0 Å². The van der Waals surface area contributed by atoms with Gasteiger partial charge in [0.15, 0.2) is 5.65 Å². The number of aromatic nitrogens is 4. The van der Waals surface area contributed by atoms with Gasteiger partial charge in [-0.1, -0.05) is 0 Å². The van der Waals surface area contributed by atoms with E-state index in [1.165, 1.54) is 4.52 Å². The van der Waals surface area contributed by atoms with Crippen molar-refractivity contribution >= 4 is 11.5 Å². The maximum atomic E-state index is 11.3. The van der Waals surface area contributed by atoms with Gasteiger partial charge in [-0.2, -0.15) is 9.61 Å². The van der Waals surface area contributed by atoms with Gasteiger partial charge in [-0.3, -0.25) is 0 Å². The van der Waals surface area contributed by atoms with E-state index in [-0.39, 0.29) is 11.2 Å². The highest BCUT2D eigenvalue weighted by Gasteiger charge is 2.10. The lowest BCUT2D eigenvalue weighted by molar-refractivity contribution is 0.548. The van der Waals surface area contributed by atoms with Gasteiger partial charge in [-0.25, -0.2) is 9.89 Å². The van der Waals surface area contributed by atoms with Gasteiger partial charge in [-0.05, 0) is 26.0 Å². The van der Waals surface area contributed by atoms with Gasteiger partial charge in [0.1, 0.15) is 5.82 Å². The van der Waals surface area contributed by atoms with E-state index in [0.717, 1.165) is 0 Å². The molecule has 7 nitrogen and oxygen atoms in total. The number of nitrogens with two attached hydrogens (primary N) is 1. The molecule has 2 heterocycles. The number of anilines is 1. The Hall–Kier alpha value is -1.89. The molecule has 16 heavy (non-hydrogen) atoms. The predicted octanol–water partition coefficient (Wildman–Crippen LogP) is -0.433. The summed E-state index contributed by atoms with van der Waals surface area (Å²) in [6, 6.07) is 3.46. The Morgan fingerprint density at radius 2 is 2.31 bits per heavy atom. The van der Waals surface area contributed by atoms with Crippen molar-refractivity contribution < 1.29 is 0 Å². The van der Waals surface area contributed by atoms with Crippen LogP contribution < -0.4 is 16.7 Å². The lowest BCUT2D eigenvalue weighted by Crippen LogP contribution is -2.39. The van der Waals surface area contributed by atoms with Gasteiger partial charge in [-0.15, -0.1) is 5.10 Å². The number of fused-ring (bicyclic) bond motifs is 1. The molecular formula is C9H14N6O. The Morgan fingerprint density at radius 3 is 3.00 bits per heavy atom. The zero-order valence-corrected chi connectivity index (χ0v) is 9.19. The summed E-state index contributed by atoms with van der Waals surface area (Å²) in [5.41, 5.74) is 5.63. The molecule has 0 aliphatic heterocycles. The van der Waals surface area contributed by atoms with Crippen LogP contribution in [0.1, 0.15) is 13.8 Å². The first-order valence-electron chi connectivity index (χ1n) is 4.93. The predicted molar refractivity (Wildman–Crippen MR) is 60.4 cm³/mol. The average molecular weight is 222 g/mol. The lowest BCUT2D eigenvalue weighted by Gasteiger charge is -2.18. The minimum Gasteiger partial charge on any atom is -0.367 e. The van der Waals surface area contributed by atoms with Gasteiger partial charge in [0.05, 0.1) is 0 Å². The molecule has 0 saturated heterocycles. The normalized spacial score (nSPS) is 11.9. The number of nitrogens with one attached hydrogen (secondary N) is 2. The first kappa shape index (κ1) is 10.6. The minimum absolute atomic E-state index is 0.335. The van der Waals surface area contributed by atoms with Gasteiger partial charge < -0.3 is 11.1 Å². The Morgan fingerprint density at radius 1 is 1.56 bits per heavy atom. The van der Waals surface area contributed by atoms with E-state index in [1.807, 2.05) is 13.8 Å².